The number of carbonyl (C=O) groups excluding carboxylic acids is 2. The lowest BCUT2D eigenvalue weighted by Crippen LogP contribution is -2.45. The summed E-state index contributed by atoms with van der Waals surface area (Å²) in [7, 11) is 0. The molecule has 0 aliphatic rings. The molecule has 1 atom stereocenters. The molecule has 0 saturated heterocycles. The van der Waals surface area contributed by atoms with Crippen LogP contribution in [0.5, 0.6) is 0 Å². The summed E-state index contributed by atoms with van der Waals surface area (Å²) in [6.45, 7) is 5.66. The first-order chi connectivity index (χ1) is 15.5. The van der Waals surface area contributed by atoms with Gasteiger partial charge in [0.15, 0.2) is 0 Å². The predicted molar refractivity (Wildman–Crippen MR) is 114 cm³/mol. The van der Waals surface area contributed by atoms with Gasteiger partial charge in [0, 0.05) is 11.4 Å². The van der Waals surface area contributed by atoms with Crippen molar-refractivity contribution in [3.05, 3.63) is 59.7 Å². The van der Waals surface area contributed by atoms with Crippen LogP contribution in [-0.2, 0) is 26.7 Å². The highest BCUT2D eigenvalue weighted by atomic mass is 19.4. The summed E-state index contributed by atoms with van der Waals surface area (Å²) in [5.41, 5.74) is -4.12. The lowest BCUT2D eigenvalue weighted by Gasteiger charge is -2.28. The number of nitrogens with one attached hydrogen (secondary N) is 1. The Labute approximate surface area is 192 Å². The van der Waals surface area contributed by atoms with E-state index in [0.29, 0.717) is 17.8 Å². The number of hydrogen-bond donors (Lipinski definition) is 1. The Morgan fingerprint density at radius 3 is 1.85 bits per heavy atom. The number of para-hydroxylation sites is 1. The van der Waals surface area contributed by atoms with Crippen molar-refractivity contribution in [2.24, 2.45) is 0 Å². The maximum Gasteiger partial charge on any atom is 0.416 e. The first-order valence-electron chi connectivity index (χ1n) is 10.1. The van der Waals surface area contributed by atoms with Crippen LogP contribution in [0.4, 0.5) is 37.7 Å². The summed E-state index contributed by atoms with van der Waals surface area (Å²) >= 11 is 0. The molecule has 34 heavy (non-hydrogen) atoms. The number of hydrogen-bond acceptors (Lipinski definition) is 4. The van der Waals surface area contributed by atoms with Crippen LogP contribution in [0, 0.1) is 0 Å². The highest BCUT2D eigenvalue weighted by Gasteiger charge is 2.37. The summed E-state index contributed by atoms with van der Waals surface area (Å²) < 4.78 is 84.1. The van der Waals surface area contributed by atoms with Gasteiger partial charge in [0.05, 0.1) is 11.1 Å². The average Bonchev–Trinajstić information content (AvgIpc) is 2.69. The number of anilines is 2. The van der Waals surface area contributed by atoms with Crippen molar-refractivity contribution in [2.45, 2.75) is 51.7 Å². The van der Waals surface area contributed by atoms with Gasteiger partial charge in [0.2, 0.25) is 5.91 Å². The minimum Gasteiger partial charge on any atom is -0.459 e. The van der Waals surface area contributed by atoms with Crippen LogP contribution in [0.25, 0.3) is 0 Å². The monoisotopic (exact) mass is 490 g/mol. The third-order valence-electron chi connectivity index (χ3n) is 4.38. The van der Waals surface area contributed by atoms with Gasteiger partial charge in [-0.15, -0.1) is 0 Å². The van der Waals surface area contributed by atoms with E-state index < -0.39 is 59.2 Å². The van der Waals surface area contributed by atoms with E-state index >= 15 is 0 Å². The fraction of sp³-hybridized carbons (Fsp3) is 0.391. The second-order valence-corrected chi connectivity index (χ2v) is 8.51. The minimum absolute atomic E-state index is 0.00353. The number of alkyl halides is 6. The Morgan fingerprint density at radius 2 is 1.41 bits per heavy atom. The zero-order valence-electron chi connectivity index (χ0n) is 18.8. The van der Waals surface area contributed by atoms with Gasteiger partial charge in [-0.25, -0.2) is 0 Å². The molecular weight excluding hydrogens is 466 g/mol. The quantitative estimate of drug-likeness (QED) is 0.405. The predicted octanol–water partition coefficient (Wildman–Crippen LogP) is 5.90. The lowest BCUT2D eigenvalue weighted by molar-refractivity contribution is -0.153. The normalized spacial score (nSPS) is 13.2. The van der Waals surface area contributed by atoms with Gasteiger partial charge in [0.25, 0.3) is 0 Å². The van der Waals surface area contributed by atoms with Crippen molar-refractivity contribution in [2.75, 3.05) is 16.8 Å². The molecule has 0 fully saturated rings. The highest BCUT2D eigenvalue weighted by molar-refractivity contribution is 6.01. The Morgan fingerprint density at radius 1 is 0.912 bits per heavy atom. The van der Waals surface area contributed by atoms with Crippen LogP contribution in [0.2, 0.25) is 0 Å². The van der Waals surface area contributed by atoms with E-state index in [4.69, 9.17) is 4.74 Å². The van der Waals surface area contributed by atoms with Crippen molar-refractivity contribution in [1.29, 1.82) is 0 Å². The number of halogens is 6. The third-order valence-corrected chi connectivity index (χ3v) is 4.38. The van der Waals surface area contributed by atoms with Gasteiger partial charge in [-0.05, 0) is 58.0 Å². The first kappa shape index (κ1) is 27.0. The summed E-state index contributed by atoms with van der Waals surface area (Å²) in [5.74, 6) is -1.50. The first-order valence-corrected chi connectivity index (χ1v) is 10.1. The molecule has 0 unspecified atom stereocenters. The van der Waals surface area contributed by atoms with E-state index in [1.807, 2.05) is 0 Å². The lowest BCUT2D eigenvalue weighted by atomic mass is 10.1. The second kappa shape index (κ2) is 9.94. The maximum atomic E-state index is 13.1. The molecule has 5 nitrogen and oxygen atoms in total. The molecule has 0 aliphatic heterocycles. The number of carbonyl (C=O) groups is 2. The van der Waals surface area contributed by atoms with Crippen LogP contribution in [0.15, 0.2) is 48.5 Å². The number of benzene rings is 2. The zero-order valence-corrected chi connectivity index (χ0v) is 18.8. The van der Waals surface area contributed by atoms with Crippen LogP contribution in [-0.4, -0.2) is 30.1 Å². The largest absolute Gasteiger partial charge is 0.459 e. The van der Waals surface area contributed by atoms with Crippen molar-refractivity contribution < 1.29 is 40.7 Å². The number of esters is 1. The van der Waals surface area contributed by atoms with Crippen LogP contribution < -0.4 is 10.2 Å². The molecule has 11 heteroatoms. The van der Waals surface area contributed by atoms with E-state index in [9.17, 15) is 35.9 Å². The standard InChI is InChI=1S/C23H24F6N2O3/c1-14(30-17-11-15(22(24,25)26)10-16(12-17)23(27,28)29)20(33)31(18-8-6-5-7-9-18)13-19(32)34-21(2,3)4/h5-12,14,30H,13H2,1-4H3/t14-/m0/s1. The van der Waals surface area contributed by atoms with Crippen molar-refractivity contribution in [1.82, 2.24) is 0 Å². The van der Waals surface area contributed by atoms with Crippen molar-refractivity contribution in [3.8, 4) is 0 Å². The molecule has 2 rings (SSSR count). The minimum atomic E-state index is -5.03. The van der Waals surface area contributed by atoms with Crippen LogP contribution in [0.1, 0.15) is 38.8 Å². The molecule has 1 amide bonds. The maximum absolute atomic E-state index is 13.1. The summed E-state index contributed by atoms with van der Waals surface area (Å²) in [5, 5.41) is 2.40. The van der Waals surface area contributed by atoms with Crippen molar-refractivity contribution >= 4 is 23.3 Å². The zero-order chi connectivity index (χ0) is 25.9. The van der Waals surface area contributed by atoms with Crippen LogP contribution in [0.3, 0.4) is 0 Å². The smallest absolute Gasteiger partial charge is 0.416 e. The molecule has 0 aliphatic carbocycles. The molecule has 0 bridgehead atoms. The molecule has 186 valence electrons. The molecule has 1 N–H and O–H groups in total. The molecule has 2 aromatic rings. The van der Waals surface area contributed by atoms with Gasteiger partial charge < -0.3 is 10.1 Å². The van der Waals surface area contributed by atoms with E-state index in [1.165, 1.54) is 19.1 Å². The van der Waals surface area contributed by atoms with E-state index in [2.05, 4.69) is 5.32 Å². The van der Waals surface area contributed by atoms with E-state index in [-0.39, 0.29) is 6.07 Å². The summed E-state index contributed by atoms with van der Waals surface area (Å²) in [6, 6.07) is 7.61. The van der Waals surface area contributed by atoms with Gasteiger partial charge in [-0.3, -0.25) is 14.5 Å². The number of amides is 1. The number of nitrogens with zero attached hydrogens (tertiary/aromatic N) is 1. The molecule has 0 spiro atoms. The molecule has 0 saturated carbocycles. The van der Waals surface area contributed by atoms with Crippen molar-refractivity contribution in [3.63, 3.8) is 0 Å². The van der Waals surface area contributed by atoms with E-state index in [0.717, 1.165) is 4.90 Å². The van der Waals surface area contributed by atoms with Gasteiger partial charge in [-0.2, -0.15) is 26.3 Å². The SMILES string of the molecule is C[C@H](Nc1cc(C(F)(F)F)cc(C(F)(F)F)c1)C(=O)N(CC(=O)OC(C)(C)C)c1ccccc1. The average molecular weight is 490 g/mol. The van der Waals surface area contributed by atoms with E-state index in [1.54, 1.807) is 39.0 Å². The number of rotatable bonds is 6. The topological polar surface area (TPSA) is 58.6 Å². The summed E-state index contributed by atoms with van der Waals surface area (Å²) in [6.07, 6.45) is -10.1. The third kappa shape index (κ3) is 7.67. The fourth-order valence-corrected chi connectivity index (χ4v) is 2.99. The Balaban J connectivity index is 2.35. The number of ether oxygens (including phenoxy) is 1. The van der Waals surface area contributed by atoms with Gasteiger partial charge >= 0.3 is 18.3 Å². The van der Waals surface area contributed by atoms with Gasteiger partial charge in [-0.1, -0.05) is 18.2 Å². The van der Waals surface area contributed by atoms with Gasteiger partial charge in [0.1, 0.15) is 18.2 Å². The molecule has 0 heterocycles. The Hall–Kier alpha value is -3.24. The Kier molecular flexibility index (Phi) is 7.90. The van der Waals surface area contributed by atoms with Crippen LogP contribution >= 0.6 is 0 Å². The molecule has 0 radical (unpaired) electrons. The molecular formula is C23H24F6N2O3. The highest BCUT2D eigenvalue weighted by Crippen LogP contribution is 2.37. The Bertz CT molecular complexity index is 982. The second-order valence-electron chi connectivity index (χ2n) is 8.51. The summed E-state index contributed by atoms with van der Waals surface area (Å²) in [4.78, 5) is 26.5. The fourth-order valence-electron chi connectivity index (χ4n) is 2.99. The molecule has 2 aromatic carbocycles. The molecule has 0 aromatic heterocycles.